The normalized spacial score (nSPS) is 25.8. The minimum Gasteiger partial charge on any atom is -0.284 e. The highest BCUT2D eigenvalue weighted by atomic mass is 19.4. The second-order valence-electron chi connectivity index (χ2n) is 5.48. The summed E-state index contributed by atoms with van der Waals surface area (Å²) in [5, 5.41) is 0. The summed E-state index contributed by atoms with van der Waals surface area (Å²) in [4.78, 5) is 5.35. The van der Waals surface area contributed by atoms with E-state index in [0.717, 1.165) is 0 Å². The van der Waals surface area contributed by atoms with E-state index < -0.39 is 65.6 Å². The molecule has 1 aliphatic rings. The van der Waals surface area contributed by atoms with Gasteiger partial charge in [0.1, 0.15) is 0 Å². The molecule has 0 bridgehead atoms. The second kappa shape index (κ2) is 6.90. The molecule has 1 fully saturated rings. The Bertz CT molecular complexity index is 720. The lowest BCUT2D eigenvalue weighted by Crippen LogP contribution is -2.81. The number of ether oxygens (including phenoxy) is 2. The lowest BCUT2D eigenvalue weighted by Gasteiger charge is -2.50. The highest BCUT2D eigenvalue weighted by Gasteiger charge is 2.92. The second-order valence-corrected chi connectivity index (χ2v) is 5.48. The van der Waals surface area contributed by atoms with Crippen LogP contribution in [0, 0.1) is 0 Å². The van der Waals surface area contributed by atoms with Crippen molar-refractivity contribution < 1.29 is 93.3 Å². The van der Waals surface area contributed by atoms with Crippen LogP contribution in [-0.4, -0.2) is 65.6 Å². The summed E-state index contributed by atoms with van der Waals surface area (Å²) in [6, 6.07) is -23.8. The van der Waals surface area contributed by atoms with Crippen LogP contribution in [0.5, 0.6) is 0 Å². The molecule has 1 radical (unpaired) electrons. The van der Waals surface area contributed by atoms with E-state index in [0.29, 0.717) is 0 Å². The van der Waals surface area contributed by atoms with Gasteiger partial charge in [0, 0.05) is 0 Å². The molecule has 32 heavy (non-hydrogen) atoms. The largest absolute Gasteiger partial charge is 0.457 e. The number of rotatable bonds is 6. The topological polar surface area (TPSA) is 38.8 Å². The van der Waals surface area contributed by atoms with Gasteiger partial charge in [0.05, 0.1) is 0 Å². The van der Waals surface area contributed by atoms with Crippen LogP contribution in [0.1, 0.15) is 0 Å². The molecule has 0 N–H and O–H groups in total. The van der Waals surface area contributed by atoms with Crippen LogP contribution >= 0.6 is 0 Å². The van der Waals surface area contributed by atoms with Crippen LogP contribution in [0.2, 0.25) is 0 Å². The monoisotopic (exact) mass is 524 g/mol. The summed E-state index contributed by atoms with van der Waals surface area (Å²) in [6.07, 6.45) is -30.8. The Hall–Kier alpha value is -1.71. The maximum atomic E-state index is 13.7. The maximum absolute atomic E-state index is 13.7. The Morgan fingerprint density at radius 1 is 0.688 bits per heavy atom. The molecule has 1 rings (SSSR count). The predicted molar refractivity (Wildman–Crippen MR) is 54.2 cm³/mol. The molecular formula is C10F18NO3. The molecule has 1 saturated heterocycles. The number of nitrogens with zero attached hydrogens (tertiary/aromatic N) is 1. The summed E-state index contributed by atoms with van der Waals surface area (Å²) in [5.74, 6) is -15.2. The molecule has 1 heterocycles. The van der Waals surface area contributed by atoms with Gasteiger partial charge in [-0.1, -0.05) is 4.90 Å². The Kier molecular flexibility index (Phi) is 6.11. The van der Waals surface area contributed by atoms with Crippen molar-refractivity contribution in [3.05, 3.63) is 0 Å². The molecular weight excluding hydrogens is 524 g/mol. The average molecular weight is 524 g/mol. The third-order valence-electron chi connectivity index (χ3n) is 3.31. The van der Waals surface area contributed by atoms with Crippen molar-refractivity contribution >= 4 is 6.29 Å². The van der Waals surface area contributed by atoms with Crippen LogP contribution < -0.4 is 0 Å². The van der Waals surface area contributed by atoms with Gasteiger partial charge in [-0.25, -0.2) is 4.74 Å². The predicted octanol–water partition coefficient (Wildman–Crippen LogP) is 4.87. The quantitative estimate of drug-likeness (QED) is 0.368. The Balaban J connectivity index is 3.74. The Morgan fingerprint density at radius 3 is 1.31 bits per heavy atom. The molecule has 189 valence electrons. The van der Waals surface area contributed by atoms with E-state index in [-0.39, 0.29) is 0 Å². The van der Waals surface area contributed by atoms with Crippen molar-refractivity contribution in [3.63, 3.8) is 0 Å². The van der Waals surface area contributed by atoms with E-state index >= 15 is 0 Å². The van der Waals surface area contributed by atoms with Crippen molar-refractivity contribution in [3.8, 4) is 0 Å². The third-order valence-corrected chi connectivity index (χ3v) is 3.31. The van der Waals surface area contributed by atoms with Crippen molar-refractivity contribution in [2.24, 2.45) is 0 Å². The maximum Gasteiger partial charge on any atom is 0.457 e. The van der Waals surface area contributed by atoms with E-state index in [4.69, 9.17) is 0 Å². The number of morpholine rings is 1. The molecule has 0 aromatic carbocycles. The highest BCUT2D eigenvalue weighted by Crippen LogP contribution is 2.62. The zero-order valence-electron chi connectivity index (χ0n) is 13.5. The summed E-state index contributed by atoms with van der Waals surface area (Å²) >= 11 is 0. The fraction of sp³-hybridized carbons (Fsp3) is 0.900. The van der Waals surface area contributed by atoms with Gasteiger partial charge in [0.25, 0.3) is 6.29 Å². The van der Waals surface area contributed by atoms with Gasteiger partial charge in [-0.15, -0.1) is 0 Å². The molecule has 4 nitrogen and oxygen atoms in total. The number of alkyl halides is 18. The summed E-state index contributed by atoms with van der Waals surface area (Å²) < 4.78 is 238. The molecule has 0 aromatic heterocycles. The van der Waals surface area contributed by atoms with Gasteiger partial charge in [0.2, 0.25) is 0 Å². The standard InChI is InChI=1S/C10F18NO3/c11-2(1-30,4(14,15)16)31-8(23,24)3(12,13)5(17,18)29-6(19,20)9(25,26)32-10(27,28)7(29,21)22. The zero-order chi connectivity index (χ0) is 26.2. The molecule has 0 spiro atoms. The van der Waals surface area contributed by atoms with Crippen molar-refractivity contribution in [2.75, 3.05) is 0 Å². The van der Waals surface area contributed by atoms with Gasteiger partial charge >= 0.3 is 54.4 Å². The minimum absolute atomic E-state index is 1.16. The highest BCUT2D eigenvalue weighted by molar-refractivity contribution is 5.62. The molecule has 22 heteroatoms. The lowest BCUT2D eigenvalue weighted by molar-refractivity contribution is -0.601. The van der Waals surface area contributed by atoms with Gasteiger partial charge in [-0.3, -0.25) is 9.53 Å². The molecule has 0 aromatic rings. The first-order chi connectivity index (χ1) is 13.6. The average Bonchev–Trinajstić information content (AvgIpc) is 2.49. The lowest BCUT2D eigenvalue weighted by atomic mass is 10.1. The molecule has 1 unspecified atom stereocenters. The fourth-order valence-electron chi connectivity index (χ4n) is 1.77. The SMILES string of the molecule is O=[C]C(F)(OC(F)(F)C(F)(F)C(F)(F)N1C(F)(F)C(F)(F)OC(F)(F)C1(F)F)C(F)(F)F. The first kappa shape index (κ1) is 28.3. The summed E-state index contributed by atoms with van der Waals surface area (Å²) in [7, 11) is 0. The van der Waals surface area contributed by atoms with E-state index in [1.165, 1.54) is 4.74 Å². The van der Waals surface area contributed by atoms with E-state index in [1.807, 2.05) is 0 Å². The third kappa shape index (κ3) is 3.62. The number of hydrogen-bond acceptors (Lipinski definition) is 4. The molecule has 1 atom stereocenters. The van der Waals surface area contributed by atoms with Crippen molar-refractivity contribution in [1.82, 2.24) is 4.90 Å². The molecule has 1 aliphatic heterocycles. The number of carbonyl (C=O) groups excluding carboxylic acids is 1. The van der Waals surface area contributed by atoms with E-state index in [2.05, 4.69) is 0 Å². The Morgan fingerprint density at radius 2 is 1.03 bits per heavy atom. The first-order valence-corrected chi connectivity index (χ1v) is 6.59. The Labute approximate surface area is 160 Å². The van der Waals surface area contributed by atoms with Crippen LogP contribution in [0.3, 0.4) is 0 Å². The summed E-state index contributed by atoms with van der Waals surface area (Å²) in [6.45, 7) is 0. The minimum atomic E-state index is -8.41. The van der Waals surface area contributed by atoms with Crippen LogP contribution in [0.4, 0.5) is 79.0 Å². The van der Waals surface area contributed by atoms with Crippen molar-refractivity contribution in [1.29, 1.82) is 0 Å². The smallest absolute Gasteiger partial charge is 0.284 e. The first-order valence-electron chi connectivity index (χ1n) is 6.59. The molecule has 0 amide bonds. The number of hydrogen-bond donors (Lipinski definition) is 0. The van der Waals surface area contributed by atoms with Crippen LogP contribution in [0.15, 0.2) is 0 Å². The van der Waals surface area contributed by atoms with Crippen molar-refractivity contribution in [2.45, 2.75) is 54.4 Å². The van der Waals surface area contributed by atoms with Gasteiger partial charge < -0.3 is 0 Å². The molecule has 0 saturated carbocycles. The van der Waals surface area contributed by atoms with Crippen LogP contribution in [-0.2, 0) is 14.3 Å². The summed E-state index contributed by atoms with van der Waals surface area (Å²) in [5.41, 5.74) is 0. The van der Waals surface area contributed by atoms with Gasteiger partial charge in [-0.2, -0.15) is 79.0 Å². The van der Waals surface area contributed by atoms with E-state index in [9.17, 15) is 83.8 Å². The van der Waals surface area contributed by atoms with Gasteiger partial charge in [-0.05, 0) is 0 Å². The van der Waals surface area contributed by atoms with E-state index in [1.54, 1.807) is 4.74 Å². The van der Waals surface area contributed by atoms with Gasteiger partial charge in [0.15, 0.2) is 0 Å². The van der Waals surface area contributed by atoms with Crippen LogP contribution in [0.25, 0.3) is 0 Å². The number of halogens is 18. The molecule has 0 aliphatic carbocycles. The fourth-order valence-corrected chi connectivity index (χ4v) is 1.77. The zero-order valence-corrected chi connectivity index (χ0v) is 13.5.